The summed E-state index contributed by atoms with van der Waals surface area (Å²) in [5.41, 5.74) is 2.48. The first-order chi connectivity index (χ1) is 10.1. The third kappa shape index (κ3) is 4.08. The highest BCUT2D eigenvalue weighted by atomic mass is 15.3. The second kappa shape index (κ2) is 6.92. The highest BCUT2D eigenvalue weighted by Crippen LogP contribution is 2.12. The van der Waals surface area contributed by atoms with Gasteiger partial charge in [-0.25, -0.2) is 4.99 Å². The summed E-state index contributed by atoms with van der Waals surface area (Å²) in [6, 6.07) is 10.3. The van der Waals surface area contributed by atoms with Crippen LogP contribution in [0.3, 0.4) is 0 Å². The van der Waals surface area contributed by atoms with Crippen LogP contribution < -0.4 is 0 Å². The van der Waals surface area contributed by atoms with E-state index in [-0.39, 0.29) is 0 Å². The molecule has 2 aromatic rings. The molecule has 0 spiro atoms. The van der Waals surface area contributed by atoms with Crippen LogP contribution in [0.2, 0.25) is 0 Å². The molecule has 0 atom stereocenters. The molecule has 1 heterocycles. The highest BCUT2D eigenvalue weighted by molar-refractivity contribution is 5.79. The third-order valence-electron chi connectivity index (χ3n) is 3.20. The van der Waals surface area contributed by atoms with Crippen molar-refractivity contribution in [2.75, 3.05) is 28.2 Å². The van der Waals surface area contributed by atoms with Crippen molar-refractivity contribution >= 4 is 5.96 Å². The molecule has 0 unspecified atom stereocenters. The minimum absolute atomic E-state index is 0.670. The lowest BCUT2D eigenvalue weighted by Gasteiger charge is -2.22. The average molecular weight is 285 g/mol. The van der Waals surface area contributed by atoms with Gasteiger partial charge in [0.05, 0.1) is 13.1 Å². The fourth-order valence-corrected chi connectivity index (χ4v) is 2.27. The van der Waals surface area contributed by atoms with Crippen LogP contribution in [-0.4, -0.2) is 53.7 Å². The van der Waals surface area contributed by atoms with Gasteiger partial charge in [0, 0.05) is 40.6 Å². The van der Waals surface area contributed by atoms with Gasteiger partial charge in [-0.05, 0) is 17.2 Å². The number of aromatic nitrogens is 2. The van der Waals surface area contributed by atoms with Gasteiger partial charge in [0.25, 0.3) is 0 Å². The number of hydrogen-bond donors (Lipinski definition) is 0. The Balaban J connectivity index is 2.18. The highest BCUT2D eigenvalue weighted by Gasteiger charge is 2.06. The van der Waals surface area contributed by atoms with Crippen LogP contribution in [0.5, 0.6) is 0 Å². The van der Waals surface area contributed by atoms with Crippen LogP contribution in [0, 0.1) is 0 Å². The second-order valence-electron chi connectivity index (χ2n) is 5.38. The fraction of sp³-hybridized carbons (Fsp3) is 0.375. The monoisotopic (exact) mass is 285 g/mol. The number of aliphatic imine (C=N–C) groups is 1. The molecule has 0 N–H and O–H groups in total. The average Bonchev–Trinajstić information content (AvgIpc) is 2.93. The van der Waals surface area contributed by atoms with Crippen molar-refractivity contribution < 1.29 is 0 Å². The Morgan fingerprint density at radius 3 is 2.29 bits per heavy atom. The van der Waals surface area contributed by atoms with E-state index in [0.717, 1.165) is 12.5 Å². The van der Waals surface area contributed by atoms with Gasteiger partial charge in [-0.15, -0.1) is 0 Å². The van der Waals surface area contributed by atoms with E-state index in [2.05, 4.69) is 29.4 Å². The summed E-state index contributed by atoms with van der Waals surface area (Å²) in [6.45, 7) is 1.45. The van der Waals surface area contributed by atoms with E-state index in [1.807, 2.05) is 54.9 Å². The topological polar surface area (TPSA) is 36.7 Å². The molecule has 0 fully saturated rings. The van der Waals surface area contributed by atoms with Crippen molar-refractivity contribution in [3.63, 3.8) is 0 Å². The van der Waals surface area contributed by atoms with Gasteiger partial charge in [-0.1, -0.05) is 24.3 Å². The van der Waals surface area contributed by atoms with Crippen LogP contribution in [-0.2, 0) is 13.1 Å². The first kappa shape index (κ1) is 15.1. The Kier molecular flexibility index (Phi) is 4.98. The molecule has 0 aliphatic heterocycles. The molecule has 112 valence electrons. The quantitative estimate of drug-likeness (QED) is 0.636. The lowest BCUT2D eigenvalue weighted by atomic mass is 10.1. The van der Waals surface area contributed by atoms with E-state index in [1.54, 1.807) is 6.20 Å². The molecule has 0 amide bonds. The molecule has 0 aliphatic rings. The van der Waals surface area contributed by atoms with Crippen molar-refractivity contribution in [1.82, 2.24) is 19.6 Å². The largest absolute Gasteiger partial charge is 0.349 e. The molecule has 0 saturated carbocycles. The standard InChI is InChI=1S/C16H23N5/c1-19(2)16(20(3)4)17-12-14-8-5-6-9-15(14)13-21-11-7-10-18-21/h5-11H,12-13H2,1-4H3. The van der Waals surface area contributed by atoms with Gasteiger partial charge in [0.1, 0.15) is 0 Å². The molecule has 5 heteroatoms. The van der Waals surface area contributed by atoms with Crippen LogP contribution in [0.4, 0.5) is 0 Å². The van der Waals surface area contributed by atoms with Crippen LogP contribution in [0.15, 0.2) is 47.7 Å². The van der Waals surface area contributed by atoms with E-state index in [1.165, 1.54) is 11.1 Å². The van der Waals surface area contributed by atoms with Crippen molar-refractivity contribution in [2.24, 2.45) is 4.99 Å². The van der Waals surface area contributed by atoms with Gasteiger partial charge in [0.15, 0.2) is 5.96 Å². The summed E-state index contributed by atoms with van der Waals surface area (Å²) in [5.74, 6) is 0.962. The molecule has 5 nitrogen and oxygen atoms in total. The normalized spacial score (nSPS) is 10.3. The van der Waals surface area contributed by atoms with Crippen LogP contribution >= 0.6 is 0 Å². The predicted molar refractivity (Wildman–Crippen MR) is 86.3 cm³/mol. The maximum Gasteiger partial charge on any atom is 0.195 e. The summed E-state index contributed by atoms with van der Waals surface area (Å²) in [7, 11) is 8.03. The fourth-order valence-electron chi connectivity index (χ4n) is 2.27. The summed E-state index contributed by atoms with van der Waals surface area (Å²) in [4.78, 5) is 8.77. The lowest BCUT2D eigenvalue weighted by Crippen LogP contribution is -2.35. The van der Waals surface area contributed by atoms with Gasteiger partial charge >= 0.3 is 0 Å². The Hall–Kier alpha value is -2.30. The van der Waals surface area contributed by atoms with Crippen molar-refractivity contribution in [1.29, 1.82) is 0 Å². The zero-order valence-corrected chi connectivity index (χ0v) is 13.2. The number of hydrogen-bond acceptors (Lipinski definition) is 2. The first-order valence-electron chi connectivity index (χ1n) is 7.01. The number of nitrogens with zero attached hydrogens (tertiary/aromatic N) is 5. The van der Waals surface area contributed by atoms with E-state index >= 15 is 0 Å². The molecule has 0 radical (unpaired) electrons. The maximum atomic E-state index is 4.72. The lowest BCUT2D eigenvalue weighted by molar-refractivity contribution is 0.479. The summed E-state index contributed by atoms with van der Waals surface area (Å²) in [5, 5.41) is 4.27. The SMILES string of the molecule is CN(C)C(=NCc1ccccc1Cn1cccn1)N(C)C. The van der Waals surface area contributed by atoms with Gasteiger partial charge in [-0.3, -0.25) is 4.68 Å². The molecule has 2 rings (SSSR count). The number of benzene rings is 1. The van der Waals surface area contributed by atoms with Crippen molar-refractivity contribution in [3.05, 3.63) is 53.9 Å². The first-order valence-corrected chi connectivity index (χ1v) is 7.01. The summed E-state index contributed by atoms with van der Waals surface area (Å²) >= 11 is 0. The number of guanidine groups is 1. The van der Waals surface area contributed by atoms with Gasteiger partial charge in [0.2, 0.25) is 0 Å². The molecular weight excluding hydrogens is 262 g/mol. The Morgan fingerprint density at radius 2 is 1.71 bits per heavy atom. The minimum Gasteiger partial charge on any atom is -0.349 e. The van der Waals surface area contributed by atoms with E-state index < -0.39 is 0 Å². The van der Waals surface area contributed by atoms with E-state index in [4.69, 9.17) is 4.99 Å². The third-order valence-corrected chi connectivity index (χ3v) is 3.20. The molecule has 1 aromatic carbocycles. The predicted octanol–water partition coefficient (Wildman–Crippen LogP) is 1.91. The molecule has 0 saturated heterocycles. The van der Waals surface area contributed by atoms with E-state index in [9.17, 15) is 0 Å². The van der Waals surface area contributed by atoms with Crippen LogP contribution in [0.1, 0.15) is 11.1 Å². The van der Waals surface area contributed by atoms with Gasteiger partial charge in [-0.2, -0.15) is 5.10 Å². The Bertz CT molecular complexity index is 574. The summed E-state index contributed by atoms with van der Waals surface area (Å²) < 4.78 is 1.93. The van der Waals surface area contributed by atoms with Crippen LogP contribution in [0.25, 0.3) is 0 Å². The minimum atomic E-state index is 0.670. The second-order valence-corrected chi connectivity index (χ2v) is 5.38. The zero-order valence-electron chi connectivity index (χ0n) is 13.2. The summed E-state index contributed by atoms with van der Waals surface area (Å²) in [6.07, 6.45) is 3.78. The van der Waals surface area contributed by atoms with Crippen molar-refractivity contribution in [2.45, 2.75) is 13.1 Å². The molecular formula is C16H23N5. The van der Waals surface area contributed by atoms with E-state index in [0.29, 0.717) is 6.54 Å². The maximum absolute atomic E-state index is 4.72. The molecule has 1 aromatic heterocycles. The molecule has 0 aliphatic carbocycles. The van der Waals surface area contributed by atoms with Crippen molar-refractivity contribution in [3.8, 4) is 0 Å². The molecule has 21 heavy (non-hydrogen) atoms. The Morgan fingerprint density at radius 1 is 1.05 bits per heavy atom. The van der Waals surface area contributed by atoms with Gasteiger partial charge < -0.3 is 9.80 Å². The smallest absolute Gasteiger partial charge is 0.195 e. The zero-order chi connectivity index (χ0) is 15.2. The molecule has 0 bridgehead atoms. The number of rotatable bonds is 4. The Labute approximate surface area is 126 Å².